The minimum atomic E-state index is -0.425. The number of nitrogens with one attached hydrogen (secondary N) is 1. The van der Waals surface area contributed by atoms with Crippen molar-refractivity contribution in [2.45, 2.75) is 57.5 Å². The summed E-state index contributed by atoms with van der Waals surface area (Å²) in [5, 5.41) is 14.0. The summed E-state index contributed by atoms with van der Waals surface area (Å²) in [6.45, 7) is 4.33. The molecule has 4 heterocycles. The van der Waals surface area contributed by atoms with Gasteiger partial charge in [-0.05, 0) is 71.0 Å². The zero-order valence-electron chi connectivity index (χ0n) is 21.7. The van der Waals surface area contributed by atoms with Crippen molar-refractivity contribution in [3.05, 3.63) is 75.7 Å². The molecule has 1 aliphatic heterocycles. The molecule has 1 saturated heterocycles. The topological polar surface area (TPSA) is 113 Å². The van der Waals surface area contributed by atoms with Gasteiger partial charge in [0.1, 0.15) is 6.04 Å². The first-order valence-corrected chi connectivity index (χ1v) is 13.6. The number of tetrazole rings is 1. The van der Waals surface area contributed by atoms with Crippen LogP contribution in [0.3, 0.4) is 0 Å². The van der Waals surface area contributed by atoms with Gasteiger partial charge in [-0.2, -0.15) is 0 Å². The van der Waals surface area contributed by atoms with E-state index in [0.717, 1.165) is 43.0 Å². The molecule has 1 N–H and O–H groups in total. The molecular formula is C28H33N7O3. The van der Waals surface area contributed by atoms with Crippen LogP contribution in [0.2, 0.25) is 0 Å². The van der Waals surface area contributed by atoms with E-state index in [2.05, 4.69) is 38.4 Å². The third-order valence-electron chi connectivity index (χ3n) is 8.02. The molecule has 1 aliphatic carbocycles. The van der Waals surface area contributed by atoms with Gasteiger partial charge in [-0.25, -0.2) is 4.68 Å². The number of piperazine rings is 1. The summed E-state index contributed by atoms with van der Waals surface area (Å²) >= 11 is 0. The van der Waals surface area contributed by atoms with Gasteiger partial charge in [-0.1, -0.05) is 32.3 Å². The number of amides is 1. The number of carbonyl (C=O) groups excluding carboxylic acids is 1. The summed E-state index contributed by atoms with van der Waals surface area (Å²) in [5.74, 6) is 0.919. The zero-order valence-corrected chi connectivity index (χ0v) is 21.7. The van der Waals surface area contributed by atoms with Crippen LogP contribution in [-0.4, -0.2) is 67.1 Å². The van der Waals surface area contributed by atoms with E-state index < -0.39 is 6.04 Å². The van der Waals surface area contributed by atoms with Crippen molar-refractivity contribution < 1.29 is 9.21 Å². The number of hydrogen-bond donors (Lipinski definition) is 1. The average Bonchev–Trinajstić information content (AvgIpc) is 3.67. The first-order valence-electron chi connectivity index (χ1n) is 13.6. The first kappa shape index (κ1) is 24.5. The molecule has 0 unspecified atom stereocenters. The van der Waals surface area contributed by atoms with Crippen molar-refractivity contribution in [3.8, 4) is 0 Å². The SMILES string of the molecule is CCc1ccc2[nH]c(=O)c([C@@H](c3nnnn3C3CCCCC3)N3CCN(C(=O)c4ccco4)CC3)cc2c1. The Hall–Kier alpha value is -3.79. The lowest BCUT2D eigenvalue weighted by molar-refractivity contribution is 0.0556. The molecule has 1 atom stereocenters. The number of hydrogen-bond acceptors (Lipinski definition) is 7. The number of aromatic amines is 1. The Kier molecular flexibility index (Phi) is 6.80. The quantitative estimate of drug-likeness (QED) is 0.416. The predicted octanol–water partition coefficient (Wildman–Crippen LogP) is 3.72. The lowest BCUT2D eigenvalue weighted by Crippen LogP contribution is -2.51. The Morgan fingerprint density at radius 3 is 2.66 bits per heavy atom. The highest BCUT2D eigenvalue weighted by Crippen LogP contribution is 2.33. The van der Waals surface area contributed by atoms with Gasteiger partial charge in [0.25, 0.3) is 11.5 Å². The van der Waals surface area contributed by atoms with Crippen LogP contribution in [0.15, 0.2) is 51.9 Å². The number of nitrogens with zero attached hydrogens (tertiary/aromatic N) is 6. The number of aromatic nitrogens is 5. The largest absolute Gasteiger partial charge is 0.459 e. The molecule has 4 aromatic rings. The second-order valence-corrected chi connectivity index (χ2v) is 10.3. The van der Waals surface area contributed by atoms with Crippen LogP contribution in [0, 0.1) is 0 Å². The molecule has 10 heteroatoms. The van der Waals surface area contributed by atoms with E-state index in [1.807, 2.05) is 22.9 Å². The monoisotopic (exact) mass is 515 g/mol. The summed E-state index contributed by atoms with van der Waals surface area (Å²) in [6.07, 6.45) is 8.03. The van der Waals surface area contributed by atoms with Crippen LogP contribution in [0.4, 0.5) is 0 Å². The van der Waals surface area contributed by atoms with E-state index in [-0.39, 0.29) is 17.5 Å². The average molecular weight is 516 g/mol. The van der Waals surface area contributed by atoms with Crippen molar-refractivity contribution in [3.63, 3.8) is 0 Å². The highest BCUT2D eigenvalue weighted by Gasteiger charge is 2.35. The number of benzene rings is 1. The van der Waals surface area contributed by atoms with Crippen LogP contribution in [-0.2, 0) is 6.42 Å². The van der Waals surface area contributed by atoms with Crippen molar-refractivity contribution in [2.75, 3.05) is 26.2 Å². The molecule has 0 radical (unpaired) electrons. The Morgan fingerprint density at radius 1 is 1.11 bits per heavy atom. The second-order valence-electron chi connectivity index (χ2n) is 10.3. The van der Waals surface area contributed by atoms with Crippen molar-refractivity contribution >= 4 is 16.8 Å². The van der Waals surface area contributed by atoms with Gasteiger partial charge in [-0.3, -0.25) is 14.5 Å². The normalized spacial score (nSPS) is 18.2. The fraction of sp³-hybridized carbons (Fsp3) is 0.464. The lowest BCUT2D eigenvalue weighted by Gasteiger charge is -2.38. The highest BCUT2D eigenvalue weighted by atomic mass is 16.3. The molecule has 6 rings (SSSR count). The van der Waals surface area contributed by atoms with Crippen LogP contribution < -0.4 is 5.56 Å². The number of furan rings is 1. The third-order valence-corrected chi connectivity index (χ3v) is 8.02. The van der Waals surface area contributed by atoms with E-state index in [0.29, 0.717) is 43.3 Å². The summed E-state index contributed by atoms with van der Waals surface area (Å²) in [6, 6.07) is 11.4. The fourth-order valence-electron chi connectivity index (χ4n) is 5.90. The van der Waals surface area contributed by atoms with Crippen molar-refractivity contribution in [1.29, 1.82) is 0 Å². The van der Waals surface area contributed by atoms with Gasteiger partial charge < -0.3 is 14.3 Å². The number of fused-ring (bicyclic) bond motifs is 1. The minimum Gasteiger partial charge on any atom is -0.459 e. The number of pyridine rings is 1. The molecule has 2 fully saturated rings. The maximum Gasteiger partial charge on any atom is 0.289 e. The van der Waals surface area contributed by atoms with Gasteiger partial charge in [0.2, 0.25) is 0 Å². The third kappa shape index (κ3) is 4.64. The van der Waals surface area contributed by atoms with Crippen LogP contribution in [0.5, 0.6) is 0 Å². The standard InChI is InChI=1S/C28H33N7O3/c1-2-19-10-11-23-20(17-19)18-22(27(36)29-23)25(26-30-31-32-35(26)21-7-4-3-5-8-21)33-12-14-34(15-13-33)28(37)24-9-6-16-38-24/h6,9-11,16-18,21,25H,2-5,7-8,12-15H2,1H3,(H,29,36)/t25-/m0/s1. The van der Waals surface area contributed by atoms with Gasteiger partial charge in [0.05, 0.1) is 12.3 Å². The lowest BCUT2D eigenvalue weighted by atomic mass is 9.95. The second kappa shape index (κ2) is 10.5. The number of carbonyl (C=O) groups is 1. The maximum atomic E-state index is 13.5. The molecular weight excluding hydrogens is 482 g/mol. The van der Waals surface area contributed by atoms with Crippen molar-refractivity contribution in [1.82, 2.24) is 35.0 Å². The minimum absolute atomic E-state index is 0.117. The zero-order chi connectivity index (χ0) is 26.1. The molecule has 0 bridgehead atoms. The molecule has 198 valence electrons. The summed E-state index contributed by atoms with van der Waals surface area (Å²) in [7, 11) is 0. The summed E-state index contributed by atoms with van der Waals surface area (Å²) in [4.78, 5) is 33.6. The van der Waals surface area contributed by atoms with E-state index in [1.165, 1.54) is 18.2 Å². The molecule has 1 aromatic carbocycles. The van der Waals surface area contributed by atoms with Crippen LogP contribution in [0.25, 0.3) is 10.9 Å². The van der Waals surface area contributed by atoms with E-state index >= 15 is 0 Å². The smallest absolute Gasteiger partial charge is 0.289 e. The molecule has 10 nitrogen and oxygen atoms in total. The van der Waals surface area contributed by atoms with Crippen molar-refractivity contribution in [2.24, 2.45) is 0 Å². The number of H-pyrrole nitrogens is 1. The number of rotatable bonds is 6. The van der Waals surface area contributed by atoms with Gasteiger partial charge in [-0.15, -0.1) is 5.10 Å². The molecule has 1 saturated carbocycles. The number of aryl methyl sites for hydroxylation is 1. The van der Waals surface area contributed by atoms with Crippen LogP contribution >= 0.6 is 0 Å². The van der Waals surface area contributed by atoms with Gasteiger partial charge in [0.15, 0.2) is 11.6 Å². The Morgan fingerprint density at radius 2 is 1.92 bits per heavy atom. The molecule has 0 spiro atoms. The molecule has 2 aliphatic rings. The Balaban J connectivity index is 1.38. The Bertz CT molecular complexity index is 1460. The van der Waals surface area contributed by atoms with Gasteiger partial charge in [0, 0.05) is 37.3 Å². The molecule has 1 amide bonds. The fourth-order valence-corrected chi connectivity index (χ4v) is 5.90. The van der Waals surface area contributed by atoms with E-state index in [1.54, 1.807) is 17.0 Å². The van der Waals surface area contributed by atoms with Gasteiger partial charge >= 0.3 is 0 Å². The van der Waals surface area contributed by atoms with E-state index in [9.17, 15) is 9.59 Å². The maximum absolute atomic E-state index is 13.5. The summed E-state index contributed by atoms with van der Waals surface area (Å²) < 4.78 is 7.28. The highest BCUT2D eigenvalue weighted by molar-refractivity contribution is 5.91. The Labute approximate surface area is 220 Å². The van der Waals surface area contributed by atoms with Crippen LogP contribution in [0.1, 0.15) is 78.6 Å². The predicted molar refractivity (Wildman–Crippen MR) is 142 cm³/mol. The van der Waals surface area contributed by atoms with E-state index in [4.69, 9.17) is 4.42 Å². The first-order chi connectivity index (χ1) is 18.6. The summed E-state index contributed by atoms with van der Waals surface area (Å²) in [5.41, 5.74) is 2.52. The molecule has 3 aromatic heterocycles. The molecule has 38 heavy (non-hydrogen) atoms.